The van der Waals surface area contributed by atoms with Crippen molar-refractivity contribution in [2.45, 2.75) is 31.8 Å². The lowest BCUT2D eigenvalue weighted by molar-refractivity contribution is 0.0593. The highest BCUT2D eigenvalue weighted by Crippen LogP contribution is 2.21. The third-order valence-electron chi connectivity index (χ3n) is 3.69. The van der Waals surface area contributed by atoms with Crippen molar-refractivity contribution in [2.24, 2.45) is 0 Å². The summed E-state index contributed by atoms with van der Waals surface area (Å²) in [5.74, 6) is 0.376. The predicted molar refractivity (Wildman–Crippen MR) is 72.0 cm³/mol. The van der Waals surface area contributed by atoms with Crippen molar-refractivity contribution < 1.29 is 13.9 Å². The smallest absolute Gasteiger partial charge is 0.341 e. The molecule has 1 unspecified atom stereocenters. The summed E-state index contributed by atoms with van der Waals surface area (Å²) in [7, 11) is 3.36. The van der Waals surface area contributed by atoms with Gasteiger partial charge in [0.2, 0.25) is 0 Å². The maximum Gasteiger partial charge on any atom is 0.341 e. The molecule has 0 aromatic carbocycles. The summed E-state index contributed by atoms with van der Waals surface area (Å²) in [5.41, 5.74) is 0.538. The van der Waals surface area contributed by atoms with Crippen LogP contribution in [-0.2, 0) is 11.3 Å². The highest BCUT2D eigenvalue weighted by molar-refractivity contribution is 5.90. The molecule has 0 aliphatic carbocycles. The lowest BCUT2D eigenvalue weighted by atomic mass is 10.0. The van der Waals surface area contributed by atoms with Crippen LogP contribution in [0.5, 0.6) is 0 Å². The first-order chi connectivity index (χ1) is 9.26. The maximum atomic E-state index is 11.6. The van der Waals surface area contributed by atoms with Crippen LogP contribution in [0.25, 0.3) is 0 Å². The number of hydrogen-bond acceptors (Lipinski definition) is 5. The van der Waals surface area contributed by atoms with E-state index in [0.717, 1.165) is 13.1 Å². The number of nitrogens with one attached hydrogen (secondary N) is 1. The molecular formula is C14H22N2O3. The fraction of sp³-hybridized carbons (Fsp3) is 0.643. The fourth-order valence-corrected chi connectivity index (χ4v) is 2.67. The van der Waals surface area contributed by atoms with Gasteiger partial charge in [0.05, 0.1) is 19.9 Å². The predicted octanol–water partition coefficient (Wildman–Crippen LogP) is 1.64. The molecule has 0 bridgehead atoms. The lowest BCUT2D eigenvalue weighted by Crippen LogP contribution is -2.44. The third-order valence-corrected chi connectivity index (χ3v) is 3.69. The number of esters is 1. The summed E-state index contributed by atoms with van der Waals surface area (Å²) < 4.78 is 10.2. The summed E-state index contributed by atoms with van der Waals surface area (Å²) >= 11 is 0. The van der Waals surface area contributed by atoms with Gasteiger partial charge in [0.15, 0.2) is 0 Å². The van der Waals surface area contributed by atoms with Crippen molar-refractivity contribution in [2.75, 3.05) is 27.2 Å². The zero-order chi connectivity index (χ0) is 13.7. The van der Waals surface area contributed by atoms with Gasteiger partial charge in [0.25, 0.3) is 0 Å². The maximum absolute atomic E-state index is 11.6. The molecule has 1 fully saturated rings. The molecule has 2 heterocycles. The van der Waals surface area contributed by atoms with E-state index in [4.69, 9.17) is 9.15 Å². The first-order valence-electron chi connectivity index (χ1n) is 6.79. The van der Waals surface area contributed by atoms with Crippen LogP contribution in [0.4, 0.5) is 0 Å². The molecule has 5 nitrogen and oxygen atoms in total. The van der Waals surface area contributed by atoms with E-state index < -0.39 is 0 Å². The zero-order valence-electron chi connectivity index (χ0n) is 11.6. The molecule has 2 rings (SSSR count). The summed E-state index contributed by atoms with van der Waals surface area (Å²) in [6.45, 7) is 2.69. The Kier molecular flexibility index (Phi) is 4.99. The molecule has 0 spiro atoms. The van der Waals surface area contributed by atoms with Gasteiger partial charge in [0.1, 0.15) is 11.3 Å². The minimum Gasteiger partial charge on any atom is -0.467 e. The first-order valence-corrected chi connectivity index (χ1v) is 6.79. The Morgan fingerprint density at radius 2 is 2.42 bits per heavy atom. The Bertz CT molecular complexity index is 415. The number of carbonyl (C=O) groups excluding carboxylic acids is 1. The molecule has 0 amide bonds. The van der Waals surface area contributed by atoms with Crippen LogP contribution in [0.15, 0.2) is 16.7 Å². The molecule has 1 aromatic rings. The number of ether oxygens (including phenoxy) is 1. The minimum absolute atomic E-state index is 0.328. The average Bonchev–Trinajstić information content (AvgIpc) is 2.88. The van der Waals surface area contributed by atoms with E-state index >= 15 is 0 Å². The van der Waals surface area contributed by atoms with Crippen LogP contribution in [0.3, 0.4) is 0 Å². The number of furan rings is 1. The fourth-order valence-electron chi connectivity index (χ4n) is 2.67. The van der Waals surface area contributed by atoms with Crippen LogP contribution < -0.4 is 5.32 Å². The van der Waals surface area contributed by atoms with E-state index in [0.29, 0.717) is 23.9 Å². The molecule has 1 atom stereocenters. The van der Waals surface area contributed by atoms with Crippen LogP contribution >= 0.6 is 0 Å². The number of likely N-dealkylation sites (N-methyl/N-ethyl adjacent to an activating group) is 1. The Hall–Kier alpha value is -1.33. The SMILES string of the molecule is CNCC1CCCCN1Cc1occc1C(=O)OC. The standard InChI is InChI=1S/C14H22N2O3/c1-15-9-11-5-3-4-7-16(11)10-13-12(6-8-19-13)14(17)18-2/h6,8,11,15H,3-5,7,9-10H2,1-2H3. The molecule has 0 saturated carbocycles. The van der Waals surface area contributed by atoms with Gasteiger partial charge in [-0.2, -0.15) is 0 Å². The molecule has 1 aliphatic heterocycles. The number of methoxy groups -OCH3 is 1. The Balaban J connectivity index is 2.06. The van der Waals surface area contributed by atoms with Crippen LogP contribution in [0.1, 0.15) is 35.4 Å². The highest BCUT2D eigenvalue weighted by atomic mass is 16.5. The first kappa shape index (κ1) is 14.1. The zero-order valence-corrected chi connectivity index (χ0v) is 11.6. The van der Waals surface area contributed by atoms with E-state index in [1.165, 1.54) is 26.4 Å². The van der Waals surface area contributed by atoms with Gasteiger partial charge in [-0.05, 0) is 32.5 Å². The van der Waals surface area contributed by atoms with E-state index in [1.807, 2.05) is 7.05 Å². The van der Waals surface area contributed by atoms with Crippen molar-refractivity contribution in [3.05, 3.63) is 23.7 Å². The molecule has 1 aromatic heterocycles. The topological polar surface area (TPSA) is 54.7 Å². The van der Waals surface area contributed by atoms with Gasteiger partial charge in [-0.15, -0.1) is 0 Å². The van der Waals surface area contributed by atoms with E-state index in [-0.39, 0.29) is 5.97 Å². The van der Waals surface area contributed by atoms with Crippen molar-refractivity contribution in [3.8, 4) is 0 Å². The molecule has 0 radical (unpaired) electrons. The molecule has 5 heteroatoms. The van der Waals surface area contributed by atoms with Crippen molar-refractivity contribution in [1.29, 1.82) is 0 Å². The van der Waals surface area contributed by atoms with Gasteiger partial charge in [-0.3, -0.25) is 4.90 Å². The molecule has 1 saturated heterocycles. The molecule has 1 N–H and O–H groups in total. The Morgan fingerprint density at radius 1 is 1.58 bits per heavy atom. The highest BCUT2D eigenvalue weighted by Gasteiger charge is 2.25. The van der Waals surface area contributed by atoms with Crippen LogP contribution in [-0.4, -0.2) is 44.2 Å². The average molecular weight is 266 g/mol. The summed E-state index contributed by atoms with van der Waals surface area (Å²) in [4.78, 5) is 14.0. The van der Waals surface area contributed by atoms with Crippen LogP contribution in [0.2, 0.25) is 0 Å². The lowest BCUT2D eigenvalue weighted by Gasteiger charge is -2.35. The monoisotopic (exact) mass is 266 g/mol. The van der Waals surface area contributed by atoms with Gasteiger partial charge < -0.3 is 14.5 Å². The van der Waals surface area contributed by atoms with E-state index in [2.05, 4.69) is 10.2 Å². The third kappa shape index (κ3) is 3.36. The van der Waals surface area contributed by atoms with Crippen molar-refractivity contribution >= 4 is 5.97 Å². The molecule has 1 aliphatic rings. The molecule has 19 heavy (non-hydrogen) atoms. The number of rotatable bonds is 5. The normalized spacial score (nSPS) is 20.4. The Morgan fingerprint density at radius 3 is 3.16 bits per heavy atom. The minimum atomic E-state index is -0.328. The second-order valence-electron chi connectivity index (χ2n) is 4.93. The molecule has 106 valence electrons. The largest absolute Gasteiger partial charge is 0.467 e. The van der Waals surface area contributed by atoms with E-state index in [9.17, 15) is 4.79 Å². The Labute approximate surface area is 113 Å². The van der Waals surface area contributed by atoms with E-state index in [1.54, 1.807) is 12.3 Å². The summed E-state index contributed by atoms with van der Waals surface area (Å²) in [6, 6.07) is 2.19. The van der Waals surface area contributed by atoms with Crippen molar-refractivity contribution in [1.82, 2.24) is 10.2 Å². The van der Waals surface area contributed by atoms with Gasteiger partial charge in [-0.25, -0.2) is 4.79 Å². The summed E-state index contributed by atoms with van der Waals surface area (Å²) in [6.07, 6.45) is 5.22. The van der Waals surface area contributed by atoms with Crippen molar-refractivity contribution in [3.63, 3.8) is 0 Å². The summed E-state index contributed by atoms with van der Waals surface area (Å²) in [5, 5.41) is 3.23. The van der Waals surface area contributed by atoms with Gasteiger partial charge in [-0.1, -0.05) is 6.42 Å². The second kappa shape index (κ2) is 6.73. The quantitative estimate of drug-likeness (QED) is 0.821. The number of piperidine rings is 1. The second-order valence-corrected chi connectivity index (χ2v) is 4.93. The van der Waals surface area contributed by atoms with Crippen LogP contribution in [0, 0.1) is 0 Å². The number of nitrogens with zero attached hydrogens (tertiary/aromatic N) is 1. The number of likely N-dealkylation sites (tertiary alicyclic amines) is 1. The molecular weight excluding hydrogens is 244 g/mol. The number of carbonyl (C=O) groups is 1. The number of hydrogen-bond donors (Lipinski definition) is 1. The van der Waals surface area contributed by atoms with Gasteiger partial charge in [0, 0.05) is 12.6 Å². The van der Waals surface area contributed by atoms with Gasteiger partial charge >= 0.3 is 5.97 Å².